The topological polar surface area (TPSA) is 20.2 Å². The van der Waals surface area contributed by atoms with Crippen LogP contribution >= 0.6 is 11.6 Å². The standard InChI is InChI=1S/C11H13ClO/c1-9-5-6-10(8-11(9)13)4-2-3-7-12/h2,4-6,8,13H,3,7H2,1H3. The summed E-state index contributed by atoms with van der Waals surface area (Å²) in [6.45, 7) is 1.88. The summed E-state index contributed by atoms with van der Waals surface area (Å²) in [5, 5.41) is 9.40. The van der Waals surface area contributed by atoms with Gasteiger partial charge in [0.25, 0.3) is 0 Å². The molecule has 0 aliphatic carbocycles. The van der Waals surface area contributed by atoms with Gasteiger partial charge in [-0.3, -0.25) is 0 Å². The third kappa shape index (κ3) is 3.11. The quantitative estimate of drug-likeness (QED) is 0.736. The van der Waals surface area contributed by atoms with E-state index in [0.717, 1.165) is 17.5 Å². The number of aryl methyl sites for hydroxylation is 1. The van der Waals surface area contributed by atoms with E-state index < -0.39 is 0 Å². The van der Waals surface area contributed by atoms with Crippen molar-refractivity contribution in [3.63, 3.8) is 0 Å². The Morgan fingerprint density at radius 1 is 1.46 bits per heavy atom. The third-order valence-electron chi connectivity index (χ3n) is 1.82. The molecular weight excluding hydrogens is 184 g/mol. The first-order valence-corrected chi connectivity index (χ1v) is 4.79. The van der Waals surface area contributed by atoms with Crippen LogP contribution < -0.4 is 0 Å². The fourth-order valence-electron chi connectivity index (χ4n) is 1.01. The van der Waals surface area contributed by atoms with Gasteiger partial charge in [0, 0.05) is 5.88 Å². The Morgan fingerprint density at radius 2 is 2.23 bits per heavy atom. The molecule has 0 saturated heterocycles. The number of alkyl halides is 1. The molecule has 1 N–H and O–H groups in total. The number of halogens is 1. The van der Waals surface area contributed by atoms with E-state index in [-0.39, 0.29) is 0 Å². The Morgan fingerprint density at radius 3 is 2.85 bits per heavy atom. The lowest BCUT2D eigenvalue weighted by Crippen LogP contribution is -1.76. The van der Waals surface area contributed by atoms with Gasteiger partial charge in [0.15, 0.2) is 0 Å². The number of hydrogen-bond acceptors (Lipinski definition) is 1. The summed E-state index contributed by atoms with van der Waals surface area (Å²) >= 11 is 5.52. The van der Waals surface area contributed by atoms with Crippen LogP contribution in [0.15, 0.2) is 24.3 Å². The van der Waals surface area contributed by atoms with E-state index in [1.165, 1.54) is 0 Å². The summed E-state index contributed by atoms with van der Waals surface area (Å²) in [6.07, 6.45) is 4.81. The van der Waals surface area contributed by atoms with Gasteiger partial charge in [-0.1, -0.05) is 24.3 Å². The molecule has 70 valence electrons. The lowest BCUT2D eigenvalue weighted by molar-refractivity contribution is 0.471. The smallest absolute Gasteiger partial charge is 0.119 e. The van der Waals surface area contributed by atoms with Crippen molar-refractivity contribution in [3.05, 3.63) is 35.4 Å². The maximum Gasteiger partial charge on any atom is 0.119 e. The van der Waals surface area contributed by atoms with Crippen molar-refractivity contribution in [1.29, 1.82) is 0 Å². The van der Waals surface area contributed by atoms with Crippen molar-refractivity contribution in [2.75, 3.05) is 5.88 Å². The van der Waals surface area contributed by atoms with Gasteiger partial charge >= 0.3 is 0 Å². The van der Waals surface area contributed by atoms with Crippen molar-refractivity contribution < 1.29 is 5.11 Å². The Hall–Kier alpha value is -0.950. The molecule has 1 aromatic rings. The lowest BCUT2D eigenvalue weighted by Gasteiger charge is -1.99. The number of benzene rings is 1. The molecule has 1 nitrogen and oxygen atoms in total. The Kier molecular flexibility index (Phi) is 3.84. The van der Waals surface area contributed by atoms with Gasteiger partial charge in [-0.05, 0) is 30.5 Å². The molecule has 0 saturated carbocycles. The molecule has 1 aromatic carbocycles. The number of allylic oxidation sites excluding steroid dienone is 1. The molecule has 13 heavy (non-hydrogen) atoms. The summed E-state index contributed by atoms with van der Waals surface area (Å²) in [5.41, 5.74) is 1.91. The van der Waals surface area contributed by atoms with Gasteiger partial charge in [-0.15, -0.1) is 11.6 Å². The van der Waals surface area contributed by atoms with Gasteiger partial charge in [-0.2, -0.15) is 0 Å². The minimum Gasteiger partial charge on any atom is -0.508 e. The van der Waals surface area contributed by atoms with E-state index in [2.05, 4.69) is 0 Å². The van der Waals surface area contributed by atoms with Crippen molar-refractivity contribution in [1.82, 2.24) is 0 Å². The molecular formula is C11H13ClO. The van der Waals surface area contributed by atoms with E-state index in [0.29, 0.717) is 11.6 Å². The molecule has 0 bridgehead atoms. The van der Waals surface area contributed by atoms with Crippen molar-refractivity contribution in [3.8, 4) is 5.75 Å². The van der Waals surface area contributed by atoms with Crippen LogP contribution in [-0.2, 0) is 0 Å². The van der Waals surface area contributed by atoms with Crippen LogP contribution in [0.25, 0.3) is 6.08 Å². The Labute approximate surface area is 83.7 Å². The monoisotopic (exact) mass is 196 g/mol. The maximum absolute atomic E-state index is 9.40. The number of rotatable bonds is 3. The Bertz CT molecular complexity index is 305. The predicted octanol–water partition coefficient (Wildman–Crippen LogP) is 3.34. The van der Waals surface area contributed by atoms with Crippen LogP contribution in [0, 0.1) is 6.92 Å². The zero-order chi connectivity index (χ0) is 9.68. The van der Waals surface area contributed by atoms with E-state index in [4.69, 9.17) is 11.6 Å². The normalized spacial score (nSPS) is 10.9. The largest absolute Gasteiger partial charge is 0.508 e. The first-order valence-electron chi connectivity index (χ1n) is 4.26. The minimum atomic E-state index is 0.341. The molecule has 0 fully saturated rings. The maximum atomic E-state index is 9.40. The summed E-state index contributed by atoms with van der Waals surface area (Å²) < 4.78 is 0. The molecule has 0 aliphatic rings. The zero-order valence-corrected chi connectivity index (χ0v) is 8.38. The van der Waals surface area contributed by atoms with Crippen LogP contribution in [0.2, 0.25) is 0 Å². The van der Waals surface area contributed by atoms with Crippen molar-refractivity contribution >= 4 is 17.7 Å². The average Bonchev–Trinajstić information content (AvgIpc) is 2.12. The first kappa shape index (κ1) is 10.1. The Balaban J connectivity index is 2.73. The number of phenolic OH excluding ortho intramolecular Hbond substituents is 1. The van der Waals surface area contributed by atoms with Crippen LogP contribution in [0.1, 0.15) is 17.5 Å². The van der Waals surface area contributed by atoms with Gasteiger partial charge < -0.3 is 5.11 Å². The molecule has 0 spiro atoms. The molecule has 1 rings (SSSR count). The third-order valence-corrected chi connectivity index (χ3v) is 2.04. The SMILES string of the molecule is Cc1ccc(C=CCCCl)cc1O. The fraction of sp³-hybridized carbons (Fsp3) is 0.273. The number of aromatic hydroxyl groups is 1. The fourth-order valence-corrected chi connectivity index (χ4v) is 1.14. The average molecular weight is 197 g/mol. The van der Waals surface area contributed by atoms with E-state index in [9.17, 15) is 5.11 Å². The number of phenols is 1. The van der Waals surface area contributed by atoms with Crippen LogP contribution in [0.3, 0.4) is 0 Å². The van der Waals surface area contributed by atoms with Crippen LogP contribution in [0.4, 0.5) is 0 Å². The number of hydrogen-bond donors (Lipinski definition) is 1. The molecule has 0 heterocycles. The minimum absolute atomic E-state index is 0.341. The highest BCUT2D eigenvalue weighted by molar-refractivity contribution is 6.17. The highest BCUT2D eigenvalue weighted by Gasteiger charge is 1.94. The second-order valence-corrected chi connectivity index (χ2v) is 3.30. The van der Waals surface area contributed by atoms with Gasteiger partial charge in [0.1, 0.15) is 5.75 Å². The second-order valence-electron chi connectivity index (χ2n) is 2.93. The molecule has 0 amide bonds. The molecule has 0 aliphatic heterocycles. The van der Waals surface area contributed by atoms with Gasteiger partial charge in [-0.25, -0.2) is 0 Å². The summed E-state index contributed by atoms with van der Waals surface area (Å²) in [6, 6.07) is 5.62. The van der Waals surface area contributed by atoms with Crippen molar-refractivity contribution in [2.24, 2.45) is 0 Å². The van der Waals surface area contributed by atoms with Crippen molar-refractivity contribution in [2.45, 2.75) is 13.3 Å². The molecule has 2 heteroatoms. The molecule has 0 radical (unpaired) electrons. The summed E-state index contributed by atoms with van der Waals surface area (Å²) in [5.74, 6) is 0.974. The van der Waals surface area contributed by atoms with Crippen LogP contribution in [-0.4, -0.2) is 11.0 Å². The van der Waals surface area contributed by atoms with E-state index in [1.54, 1.807) is 6.07 Å². The lowest BCUT2D eigenvalue weighted by atomic mass is 10.1. The van der Waals surface area contributed by atoms with Crippen LogP contribution in [0.5, 0.6) is 5.75 Å². The highest BCUT2D eigenvalue weighted by Crippen LogP contribution is 2.18. The van der Waals surface area contributed by atoms with E-state index >= 15 is 0 Å². The summed E-state index contributed by atoms with van der Waals surface area (Å²) in [7, 11) is 0. The zero-order valence-electron chi connectivity index (χ0n) is 7.63. The van der Waals surface area contributed by atoms with Gasteiger partial charge in [0.05, 0.1) is 0 Å². The predicted molar refractivity (Wildman–Crippen MR) is 57.2 cm³/mol. The highest BCUT2D eigenvalue weighted by atomic mass is 35.5. The molecule has 0 unspecified atom stereocenters. The molecule has 0 atom stereocenters. The molecule has 0 aromatic heterocycles. The first-order chi connectivity index (χ1) is 6.24. The second kappa shape index (κ2) is 4.93. The summed E-state index contributed by atoms with van der Waals surface area (Å²) in [4.78, 5) is 0. The van der Waals surface area contributed by atoms with E-state index in [1.807, 2.05) is 31.2 Å². The van der Waals surface area contributed by atoms with Gasteiger partial charge in [0.2, 0.25) is 0 Å².